The molecule has 7 heteroatoms. The largest absolute Gasteiger partial charge is 0.465 e. The Morgan fingerprint density at radius 1 is 1.45 bits per heavy atom. The van der Waals surface area contributed by atoms with Gasteiger partial charge >= 0.3 is 5.97 Å². The van der Waals surface area contributed by atoms with Crippen molar-refractivity contribution in [3.05, 3.63) is 45.8 Å². The molecule has 5 nitrogen and oxygen atoms in total. The highest BCUT2D eigenvalue weighted by molar-refractivity contribution is 8.00. The maximum absolute atomic E-state index is 12.9. The number of hydrogen-bond acceptors (Lipinski definition) is 5. The van der Waals surface area contributed by atoms with Crippen LogP contribution in [-0.4, -0.2) is 29.3 Å². The Labute approximate surface area is 120 Å². The van der Waals surface area contributed by atoms with E-state index in [9.17, 15) is 19.3 Å². The van der Waals surface area contributed by atoms with Gasteiger partial charge in [0.2, 0.25) is 6.54 Å². The van der Waals surface area contributed by atoms with Gasteiger partial charge in [-0.25, -0.2) is 4.39 Å². The molecule has 1 aromatic carbocycles. The molecule has 0 bridgehead atoms. The molecule has 0 heterocycles. The second-order valence-corrected chi connectivity index (χ2v) is 5.63. The van der Waals surface area contributed by atoms with E-state index in [2.05, 4.69) is 0 Å². The van der Waals surface area contributed by atoms with Crippen molar-refractivity contribution >= 4 is 17.7 Å². The van der Waals surface area contributed by atoms with Crippen molar-refractivity contribution in [2.45, 2.75) is 24.3 Å². The lowest BCUT2D eigenvalue weighted by Crippen LogP contribution is -2.20. The van der Waals surface area contributed by atoms with Crippen LogP contribution in [0.15, 0.2) is 24.3 Å². The van der Waals surface area contributed by atoms with E-state index in [1.165, 1.54) is 24.3 Å². The molecule has 1 aromatic rings. The Morgan fingerprint density at radius 2 is 2.05 bits per heavy atom. The summed E-state index contributed by atoms with van der Waals surface area (Å²) in [7, 11) is 0. The zero-order valence-corrected chi connectivity index (χ0v) is 12.1. The number of nitro groups is 1. The van der Waals surface area contributed by atoms with Gasteiger partial charge in [0, 0.05) is 4.92 Å². The quantitative estimate of drug-likeness (QED) is 0.440. The second kappa shape index (κ2) is 7.84. The van der Waals surface area contributed by atoms with Crippen molar-refractivity contribution < 1.29 is 18.8 Å². The van der Waals surface area contributed by atoms with Crippen LogP contribution in [0.4, 0.5) is 4.39 Å². The van der Waals surface area contributed by atoms with Crippen LogP contribution >= 0.6 is 11.8 Å². The summed E-state index contributed by atoms with van der Waals surface area (Å²) in [6, 6.07) is 5.48. The van der Waals surface area contributed by atoms with Crippen molar-refractivity contribution in [3.63, 3.8) is 0 Å². The predicted octanol–water partition coefficient (Wildman–Crippen LogP) is 2.83. The van der Waals surface area contributed by atoms with Gasteiger partial charge in [-0.2, -0.15) is 0 Å². The van der Waals surface area contributed by atoms with Crippen molar-refractivity contribution in [1.82, 2.24) is 0 Å². The summed E-state index contributed by atoms with van der Waals surface area (Å²) >= 11 is 1.14. The molecule has 0 fully saturated rings. The molecule has 0 radical (unpaired) electrons. The predicted molar refractivity (Wildman–Crippen MR) is 74.7 cm³/mol. The lowest BCUT2D eigenvalue weighted by molar-refractivity contribution is -0.479. The van der Waals surface area contributed by atoms with E-state index in [0.29, 0.717) is 5.56 Å². The van der Waals surface area contributed by atoms with Gasteiger partial charge in [-0.1, -0.05) is 12.1 Å². The Bertz CT molecular complexity index is 466. The van der Waals surface area contributed by atoms with Crippen LogP contribution < -0.4 is 0 Å². The maximum Gasteiger partial charge on any atom is 0.318 e. The molecule has 2 unspecified atom stereocenters. The summed E-state index contributed by atoms with van der Waals surface area (Å²) in [5.74, 6) is -0.815. The minimum absolute atomic E-state index is 0.264. The van der Waals surface area contributed by atoms with E-state index in [1.54, 1.807) is 13.8 Å². The molecular weight excluding hydrogens is 285 g/mol. The normalized spacial score (nSPS) is 13.6. The van der Waals surface area contributed by atoms with Crippen LogP contribution in [0, 0.1) is 15.9 Å². The van der Waals surface area contributed by atoms with Crippen LogP contribution in [-0.2, 0) is 9.53 Å². The molecule has 0 aromatic heterocycles. The van der Waals surface area contributed by atoms with E-state index in [4.69, 9.17) is 4.74 Å². The third-order valence-electron chi connectivity index (χ3n) is 2.54. The topological polar surface area (TPSA) is 69.4 Å². The van der Waals surface area contributed by atoms with E-state index in [-0.39, 0.29) is 13.2 Å². The number of rotatable bonds is 7. The van der Waals surface area contributed by atoms with Crippen LogP contribution in [0.2, 0.25) is 0 Å². The third kappa shape index (κ3) is 5.16. The van der Waals surface area contributed by atoms with Gasteiger partial charge in [-0.3, -0.25) is 14.9 Å². The molecule has 0 aliphatic carbocycles. The highest BCUT2D eigenvalue weighted by atomic mass is 32.2. The molecule has 0 aliphatic heterocycles. The van der Waals surface area contributed by atoms with Crippen molar-refractivity contribution in [2.75, 3.05) is 13.2 Å². The van der Waals surface area contributed by atoms with E-state index < -0.39 is 27.2 Å². The smallest absolute Gasteiger partial charge is 0.318 e. The summed E-state index contributed by atoms with van der Waals surface area (Å²) in [5, 5.41) is 9.68. The first-order valence-electron chi connectivity index (χ1n) is 6.13. The average molecular weight is 301 g/mol. The number of carbonyl (C=O) groups is 1. The fourth-order valence-corrected chi connectivity index (χ4v) is 2.80. The molecule has 1 rings (SSSR count). The van der Waals surface area contributed by atoms with Crippen LogP contribution in [0.25, 0.3) is 0 Å². The van der Waals surface area contributed by atoms with Gasteiger partial charge in [-0.15, -0.1) is 11.8 Å². The Hall–Kier alpha value is -1.63. The summed E-state index contributed by atoms with van der Waals surface area (Å²) in [5.41, 5.74) is 0.615. The van der Waals surface area contributed by atoms with Crippen LogP contribution in [0.1, 0.15) is 24.7 Å². The maximum atomic E-state index is 12.9. The van der Waals surface area contributed by atoms with Crippen molar-refractivity contribution in [3.8, 4) is 0 Å². The minimum atomic E-state index is -0.523. The molecular formula is C13H16FNO4S. The Morgan fingerprint density at radius 3 is 2.55 bits per heavy atom. The van der Waals surface area contributed by atoms with E-state index in [0.717, 1.165) is 11.8 Å². The number of benzene rings is 1. The zero-order valence-electron chi connectivity index (χ0n) is 11.2. The highest BCUT2D eigenvalue weighted by Gasteiger charge is 2.25. The van der Waals surface area contributed by atoms with E-state index >= 15 is 0 Å². The number of carbonyl (C=O) groups excluding carboxylic acids is 1. The fourth-order valence-electron chi connectivity index (χ4n) is 1.60. The van der Waals surface area contributed by atoms with E-state index in [1.807, 2.05) is 0 Å². The first-order chi connectivity index (χ1) is 9.43. The second-order valence-electron chi connectivity index (χ2n) is 4.09. The number of hydrogen-bond donors (Lipinski definition) is 0. The Balaban J connectivity index is 2.81. The number of thioether (sulfide) groups is 1. The SMILES string of the molecule is CCOC(=O)C(C)SC(C[N+](=O)[O-])c1ccc(F)cc1. The van der Waals surface area contributed by atoms with Gasteiger partial charge in [0.15, 0.2) is 0 Å². The molecule has 0 spiro atoms. The monoisotopic (exact) mass is 301 g/mol. The Kier molecular flexibility index (Phi) is 6.44. The number of ether oxygens (including phenoxy) is 1. The number of nitrogens with zero attached hydrogens (tertiary/aromatic N) is 1. The lowest BCUT2D eigenvalue weighted by Gasteiger charge is -2.17. The molecule has 20 heavy (non-hydrogen) atoms. The zero-order chi connectivity index (χ0) is 15.1. The van der Waals surface area contributed by atoms with Gasteiger partial charge in [-0.05, 0) is 31.5 Å². The summed E-state index contributed by atoms with van der Waals surface area (Å²) in [6.45, 7) is 3.27. The highest BCUT2D eigenvalue weighted by Crippen LogP contribution is 2.33. The van der Waals surface area contributed by atoms with Crippen LogP contribution in [0.5, 0.6) is 0 Å². The molecule has 0 N–H and O–H groups in total. The van der Waals surface area contributed by atoms with Crippen LogP contribution in [0.3, 0.4) is 0 Å². The minimum Gasteiger partial charge on any atom is -0.465 e. The number of esters is 1. The summed E-state index contributed by atoms with van der Waals surface area (Å²) < 4.78 is 17.8. The first kappa shape index (κ1) is 16.4. The molecule has 0 amide bonds. The van der Waals surface area contributed by atoms with Crippen molar-refractivity contribution in [1.29, 1.82) is 0 Å². The average Bonchev–Trinajstić information content (AvgIpc) is 2.38. The van der Waals surface area contributed by atoms with Gasteiger partial charge in [0.1, 0.15) is 11.1 Å². The van der Waals surface area contributed by atoms with Gasteiger partial charge in [0.25, 0.3) is 0 Å². The first-order valence-corrected chi connectivity index (χ1v) is 7.07. The number of halogens is 1. The molecule has 110 valence electrons. The molecule has 0 saturated carbocycles. The molecule has 2 atom stereocenters. The summed E-state index contributed by atoms with van der Waals surface area (Å²) in [6.07, 6.45) is 0. The van der Waals surface area contributed by atoms with Crippen molar-refractivity contribution in [2.24, 2.45) is 0 Å². The third-order valence-corrected chi connectivity index (χ3v) is 3.89. The van der Waals surface area contributed by atoms with Gasteiger partial charge in [0.05, 0.1) is 11.9 Å². The molecule has 0 aliphatic rings. The summed E-state index contributed by atoms with van der Waals surface area (Å²) in [4.78, 5) is 21.9. The van der Waals surface area contributed by atoms with Gasteiger partial charge < -0.3 is 4.74 Å². The standard InChI is InChI=1S/C13H16FNO4S/c1-3-19-13(16)9(2)20-12(8-15(17)18)10-4-6-11(14)7-5-10/h4-7,9,12H,3,8H2,1-2H3. The lowest BCUT2D eigenvalue weighted by atomic mass is 10.1. The fraction of sp³-hybridized carbons (Fsp3) is 0.462. The molecule has 0 saturated heterocycles.